The Hall–Kier alpha value is -2.08. The third-order valence-corrected chi connectivity index (χ3v) is 5.78. The fourth-order valence-corrected chi connectivity index (χ4v) is 4.66. The fourth-order valence-electron chi connectivity index (χ4n) is 4.66. The van der Waals surface area contributed by atoms with Gasteiger partial charge in [-0.15, -0.1) is 0 Å². The Morgan fingerprint density at radius 2 is 1.35 bits per heavy atom. The molecule has 0 radical (unpaired) electrons. The van der Waals surface area contributed by atoms with Crippen molar-refractivity contribution in [2.24, 2.45) is 5.41 Å². The van der Waals surface area contributed by atoms with Gasteiger partial charge in [0, 0.05) is 5.41 Å². The van der Waals surface area contributed by atoms with E-state index in [4.69, 9.17) is 0 Å². The standard InChI is InChI=1S/C26H32/c1-5-6-13-21-18-19-24(20-21)26(25(2,3)4,22-14-9-7-10-15-22)23-16-11-8-12-17-23/h7-12,14-18,20H,5-6,13,19H2,1-4H3. The second-order valence-electron chi connectivity index (χ2n) is 8.49. The number of rotatable bonds is 6. The van der Waals surface area contributed by atoms with Gasteiger partial charge in [0.1, 0.15) is 0 Å². The van der Waals surface area contributed by atoms with Crippen molar-refractivity contribution in [3.8, 4) is 0 Å². The Bertz CT molecular complexity index is 730. The summed E-state index contributed by atoms with van der Waals surface area (Å²) in [6.45, 7) is 9.43. The van der Waals surface area contributed by atoms with Crippen LogP contribution in [0.1, 0.15) is 64.5 Å². The van der Waals surface area contributed by atoms with Crippen LogP contribution in [0.15, 0.2) is 84.0 Å². The van der Waals surface area contributed by atoms with E-state index >= 15 is 0 Å². The van der Waals surface area contributed by atoms with Crippen molar-refractivity contribution in [3.63, 3.8) is 0 Å². The van der Waals surface area contributed by atoms with Crippen LogP contribution in [0.5, 0.6) is 0 Å². The van der Waals surface area contributed by atoms with Gasteiger partial charge in [-0.05, 0) is 35.8 Å². The van der Waals surface area contributed by atoms with Gasteiger partial charge in [0.05, 0.1) is 0 Å². The highest BCUT2D eigenvalue weighted by Gasteiger charge is 2.47. The van der Waals surface area contributed by atoms with Gasteiger partial charge in [0.15, 0.2) is 0 Å². The van der Waals surface area contributed by atoms with Gasteiger partial charge < -0.3 is 0 Å². The SMILES string of the molecule is CCCCC1=CCC(C(c2ccccc2)(c2ccccc2)C(C)(C)C)=C1. The molecule has 3 rings (SSSR count). The van der Waals surface area contributed by atoms with Crippen LogP contribution in [-0.4, -0.2) is 0 Å². The summed E-state index contributed by atoms with van der Waals surface area (Å²) in [4.78, 5) is 0. The van der Waals surface area contributed by atoms with Crippen molar-refractivity contribution in [1.82, 2.24) is 0 Å². The normalized spacial score (nSPS) is 14.9. The number of hydrogen-bond acceptors (Lipinski definition) is 0. The highest BCUT2D eigenvalue weighted by atomic mass is 14.5. The van der Waals surface area contributed by atoms with Crippen LogP contribution >= 0.6 is 0 Å². The van der Waals surface area contributed by atoms with Crippen LogP contribution in [0.2, 0.25) is 0 Å². The third kappa shape index (κ3) is 3.30. The lowest BCUT2D eigenvalue weighted by Gasteiger charge is -2.47. The van der Waals surface area contributed by atoms with Crippen molar-refractivity contribution in [2.45, 2.75) is 58.8 Å². The molecule has 0 amide bonds. The molecule has 1 aliphatic carbocycles. The van der Waals surface area contributed by atoms with E-state index in [2.05, 4.69) is 101 Å². The predicted molar refractivity (Wildman–Crippen MR) is 113 cm³/mol. The molecule has 0 spiro atoms. The molecule has 0 bridgehead atoms. The minimum atomic E-state index is -0.111. The summed E-state index contributed by atoms with van der Waals surface area (Å²) in [6.07, 6.45) is 9.74. The molecule has 2 aromatic carbocycles. The molecule has 0 fully saturated rings. The van der Waals surface area contributed by atoms with E-state index in [1.165, 1.54) is 41.5 Å². The quantitative estimate of drug-likeness (QED) is 0.510. The molecule has 1 aliphatic rings. The number of unbranched alkanes of at least 4 members (excludes halogenated alkanes) is 1. The van der Waals surface area contributed by atoms with Gasteiger partial charge in [-0.25, -0.2) is 0 Å². The summed E-state index contributed by atoms with van der Waals surface area (Å²) in [7, 11) is 0. The number of allylic oxidation sites excluding steroid dienone is 4. The fraction of sp³-hybridized carbons (Fsp3) is 0.385. The monoisotopic (exact) mass is 344 g/mol. The van der Waals surface area contributed by atoms with Crippen LogP contribution in [0.3, 0.4) is 0 Å². The first-order chi connectivity index (χ1) is 12.5. The summed E-state index contributed by atoms with van der Waals surface area (Å²) in [5.41, 5.74) is 5.80. The summed E-state index contributed by atoms with van der Waals surface area (Å²) >= 11 is 0. The molecule has 0 N–H and O–H groups in total. The zero-order valence-electron chi connectivity index (χ0n) is 16.8. The highest BCUT2D eigenvalue weighted by Crippen LogP contribution is 2.54. The van der Waals surface area contributed by atoms with Crippen molar-refractivity contribution in [1.29, 1.82) is 0 Å². The Balaban J connectivity index is 2.20. The molecule has 0 saturated carbocycles. The first kappa shape index (κ1) is 18.7. The summed E-state index contributed by atoms with van der Waals surface area (Å²) in [5, 5.41) is 0. The average molecular weight is 345 g/mol. The van der Waals surface area contributed by atoms with Crippen molar-refractivity contribution in [2.75, 3.05) is 0 Å². The molecule has 0 unspecified atom stereocenters. The lowest BCUT2D eigenvalue weighted by atomic mass is 9.55. The van der Waals surface area contributed by atoms with E-state index < -0.39 is 0 Å². The van der Waals surface area contributed by atoms with Crippen LogP contribution in [0, 0.1) is 5.41 Å². The predicted octanol–water partition coefficient (Wildman–Crippen LogP) is 7.47. The van der Waals surface area contributed by atoms with Gasteiger partial charge in [-0.1, -0.05) is 118 Å². The van der Waals surface area contributed by atoms with E-state index in [1.54, 1.807) is 0 Å². The smallest absolute Gasteiger partial charge is 0.0465 e. The second kappa shape index (κ2) is 7.66. The molecule has 0 aromatic heterocycles. The maximum atomic E-state index is 2.50. The highest BCUT2D eigenvalue weighted by molar-refractivity contribution is 5.55. The van der Waals surface area contributed by atoms with E-state index in [0.29, 0.717) is 0 Å². The second-order valence-corrected chi connectivity index (χ2v) is 8.49. The molecular formula is C26H32. The van der Waals surface area contributed by atoms with E-state index in [9.17, 15) is 0 Å². The molecule has 0 heterocycles. The zero-order chi connectivity index (χ0) is 18.6. The average Bonchev–Trinajstić information content (AvgIpc) is 3.10. The Morgan fingerprint density at radius 1 is 0.808 bits per heavy atom. The van der Waals surface area contributed by atoms with Crippen molar-refractivity contribution in [3.05, 3.63) is 95.1 Å². The minimum Gasteiger partial charge on any atom is -0.0772 e. The molecular weight excluding hydrogens is 312 g/mol. The topological polar surface area (TPSA) is 0 Å². The third-order valence-electron chi connectivity index (χ3n) is 5.78. The summed E-state index contributed by atoms with van der Waals surface area (Å²) in [6, 6.07) is 22.2. The van der Waals surface area contributed by atoms with Crippen molar-refractivity contribution >= 4 is 0 Å². The molecule has 136 valence electrons. The minimum absolute atomic E-state index is 0.0651. The van der Waals surface area contributed by atoms with Crippen LogP contribution in [0.4, 0.5) is 0 Å². The maximum absolute atomic E-state index is 2.50. The molecule has 2 aromatic rings. The van der Waals surface area contributed by atoms with Gasteiger partial charge in [-0.3, -0.25) is 0 Å². The maximum Gasteiger partial charge on any atom is 0.0465 e. The van der Waals surface area contributed by atoms with E-state index in [-0.39, 0.29) is 10.8 Å². The Labute approximate surface area is 159 Å². The lowest BCUT2D eigenvalue weighted by molar-refractivity contribution is 0.265. The summed E-state index contributed by atoms with van der Waals surface area (Å²) < 4.78 is 0. The molecule has 26 heavy (non-hydrogen) atoms. The Kier molecular flexibility index (Phi) is 5.51. The van der Waals surface area contributed by atoms with E-state index in [1.807, 2.05) is 0 Å². The van der Waals surface area contributed by atoms with Gasteiger partial charge >= 0.3 is 0 Å². The largest absolute Gasteiger partial charge is 0.0772 e. The van der Waals surface area contributed by atoms with Crippen LogP contribution in [-0.2, 0) is 5.41 Å². The van der Waals surface area contributed by atoms with Gasteiger partial charge in [0.2, 0.25) is 0 Å². The first-order valence-electron chi connectivity index (χ1n) is 10.0. The first-order valence-corrected chi connectivity index (χ1v) is 10.0. The Morgan fingerprint density at radius 3 is 1.81 bits per heavy atom. The zero-order valence-corrected chi connectivity index (χ0v) is 16.8. The molecule has 0 nitrogen and oxygen atoms in total. The molecule has 0 aliphatic heterocycles. The number of hydrogen-bond donors (Lipinski definition) is 0. The molecule has 0 atom stereocenters. The number of benzene rings is 2. The van der Waals surface area contributed by atoms with Crippen LogP contribution in [0.25, 0.3) is 0 Å². The van der Waals surface area contributed by atoms with Crippen molar-refractivity contribution < 1.29 is 0 Å². The van der Waals surface area contributed by atoms with E-state index in [0.717, 1.165) is 6.42 Å². The lowest BCUT2D eigenvalue weighted by Crippen LogP contribution is -2.42. The van der Waals surface area contributed by atoms with Gasteiger partial charge in [-0.2, -0.15) is 0 Å². The van der Waals surface area contributed by atoms with Crippen LogP contribution < -0.4 is 0 Å². The molecule has 0 saturated heterocycles. The molecule has 0 heteroatoms. The summed E-state index contributed by atoms with van der Waals surface area (Å²) in [5.74, 6) is 0. The van der Waals surface area contributed by atoms with Gasteiger partial charge in [0.25, 0.3) is 0 Å².